The van der Waals surface area contributed by atoms with Gasteiger partial charge >= 0.3 is 0 Å². The highest BCUT2D eigenvalue weighted by molar-refractivity contribution is 5.86. The van der Waals surface area contributed by atoms with E-state index in [1.807, 2.05) is 35.2 Å². The molecular weight excluding hydrogens is 498 g/mol. The molecule has 0 bridgehead atoms. The van der Waals surface area contributed by atoms with Crippen LogP contribution in [0.4, 0.5) is 0 Å². The number of morpholine rings is 1. The fraction of sp³-hybridized carbons (Fsp3) is 0.600. The van der Waals surface area contributed by atoms with Crippen molar-refractivity contribution in [2.75, 3.05) is 66.7 Å². The van der Waals surface area contributed by atoms with E-state index in [0.29, 0.717) is 37.6 Å². The third-order valence-corrected chi connectivity index (χ3v) is 7.75. The van der Waals surface area contributed by atoms with E-state index >= 15 is 0 Å². The summed E-state index contributed by atoms with van der Waals surface area (Å²) in [6.07, 6.45) is 7.11. The first-order chi connectivity index (χ1) is 19.1. The van der Waals surface area contributed by atoms with Crippen molar-refractivity contribution in [1.82, 2.24) is 14.7 Å². The van der Waals surface area contributed by atoms with Crippen molar-refractivity contribution in [3.05, 3.63) is 47.9 Å². The summed E-state index contributed by atoms with van der Waals surface area (Å²) in [6.45, 7) is 5.78. The Morgan fingerprint density at radius 1 is 1.00 bits per heavy atom. The minimum Gasteiger partial charge on any atom is -0.493 e. The van der Waals surface area contributed by atoms with Crippen LogP contribution >= 0.6 is 0 Å². The molecule has 2 amide bonds. The standard InChI is InChI=1S/C30H43N3O6/c1-36-27-11-10-24(21-28(27)37-2)12-15-32(22-26-9-5-18-39-26)29(34)23-33(30(35)25-7-3-4-8-25)14-6-13-31-16-19-38-20-17-31/h5,9-11,18,21,25H,3-4,6-8,12-17,19-20,22-23H2,1-2H3. The molecule has 0 atom stereocenters. The first-order valence-corrected chi connectivity index (χ1v) is 14.2. The van der Waals surface area contributed by atoms with E-state index in [-0.39, 0.29) is 24.3 Å². The summed E-state index contributed by atoms with van der Waals surface area (Å²) < 4.78 is 21.8. The summed E-state index contributed by atoms with van der Waals surface area (Å²) in [5, 5.41) is 0. The maximum atomic E-state index is 13.7. The van der Waals surface area contributed by atoms with Crippen LogP contribution in [0.15, 0.2) is 41.0 Å². The summed E-state index contributed by atoms with van der Waals surface area (Å²) in [5.74, 6) is 2.14. The third kappa shape index (κ3) is 8.47. The number of amides is 2. The zero-order chi connectivity index (χ0) is 27.5. The highest BCUT2D eigenvalue weighted by Gasteiger charge is 2.29. The number of carbonyl (C=O) groups is 2. The first-order valence-electron chi connectivity index (χ1n) is 14.2. The Morgan fingerprint density at radius 3 is 2.46 bits per heavy atom. The molecule has 0 radical (unpaired) electrons. The molecule has 2 aliphatic rings. The molecule has 2 heterocycles. The average Bonchev–Trinajstić information content (AvgIpc) is 3.69. The van der Waals surface area contributed by atoms with E-state index in [2.05, 4.69) is 4.90 Å². The second-order valence-electron chi connectivity index (χ2n) is 10.4. The zero-order valence-corrected chi connectivity index (χ0v) is 23.4. The predicted octanol–water partition coefficient (Wildman–Crippen LogP) is 3.61. The van der Waals surface area contributed by atoms with Gasteiger partial charge in [-0.1, -0.05) is 18.9 Å². The largest absolute Gasteiger partial charge is 0.493 e. The number of nitrogens with zero attached hydrogens (tertiary/aromatic N) is 3. The van der Waals surface area contributed by atoms with Gasteiger partial charge in [-0.3, -0.25) is 14.5 Å². The van der Waals surface area contributed by atoms with Crippen LogP contribution in [0.2, 0.25) is 0 Å². The number of carbonyl (C=O) groups excluding carboxylic acids is 2. The van der Waals surface area contributed by atoms with Crippen molar-refractivity contribution >= 4 is 11.8 Å². The molecule has 4 rings (SSSR count). The van der Waals surface area contributed by atoms with Crippen molar-refractivity contribution in [2.24, 2.45) is 5.92 Å². The van der Waals surface area contributed by atoms with Crippen LogP contribution in [0.1, 0.15) is 43.4 Å². The van der Waals surface area contributed by atoms with Crippen LogP contribution in [0, 0.1) is 5.92 Å². The molecule has 1 aromatic heterocycles. The van der Waals surface area contributed by atoms with Gasteiger partial charge in [0.1, 0.15) is 5.76 Å². The number of hydrogen-bond acceptors (Lipinski definition) is 7. The van der Waals surface area contributed by atoms with Crippen molar-refractivity contribution in [2.45, 2.75) is 45.1 Å². The van der Waals surface area contributed by atoms with Gasteiger partial charge in [0.25, 0.3) is 0 Å². The highest BCUT2D eigenvalue weighted by atomic mass is 16.5. The van der Waals surface area contributed by atoms with Crippen LogP contribution in [0.5, 0.6) is 11.5 Å². The Bertz CT molecular complexity index is 1030. The monoisotopic (exact) mass is 541 g/mol. The van der Waals surface area contributed by atoms with Gasteiger partial charge in [0.15, 0.2) is 11.5 Å². The third-order valence-electron chi connectivity index (χ3n) is 7.75. The van der Waals surface area contributed by atoms with Crippen LogP contribution < -0.4 is 9.47 Å². The van der Waals surface area contributed by atoms with E-state index in [9.17, 15) is 9.59 Å². The number of rotatable bonds is 14. The van der Waals surface area contributed by atoms with E-state index < -0.39 is 0 Å². The summed E-state index contributed by atoms with van der Waals surface area (Å²) in [5.41, 5.74) is 1.04. The summed E-state index contributed by atoms with van der Waals surface area (Å²) >= 11 is 0. The molecular formula is C30H43N3O6. The lowest BCUT2D eigenvalue weighted by molar-refractivity contribution is -0.143. The van der Waals surface area contributed by atoms with Crippen LogP contribution in [0.25, 0.3) is 0 Å². The molecule has 1 aromatic carbocycles. The Kier molecular flexibility index (Phi) is 11.1. The molecule has 0 unspecified atom stereocenters. The molecule has 1 aliphatic heterocycles. The van der Waals surface area contributed by atoms with Gasteiger partial charge in [0.2, 0.25) is 11.8 Å². The Balaban J connectivity index is 1.42. The lowest BCUT2D eigenvalue weighted by atomic mass is 10.1. The molecule has 1 saturated carbocycles. The Morgan fingerprint density at radius 2 is 1.77 bits per heavy atom. The van der Waals surface area contributed by atoms with Gasteiger partial charge in [-0.25, -0.2) is 0 Å². The Labute approximate surface area is 232 Å². The molecule has 9 heteroatoms. The molecule has 0 spiro atoms. The summed E-state index contributed by atoms with van der Waals surface area (Å²) in [6, 6.07) is 9.51. The van der Waals surface area contributed by atoms with Crippen LogP contribution in [-0.2, 0) is 27.3 Å². The number of furan rings is 1. The van der Waals surface area contributed by atoms with E-state index in [4.69, 9.17) is 18.6 Å². The molecule has 2 aromatic rings. The van der Waals surface area contributed by atoms with Crippen molar-refractivity contribution in [1.29, 1.82) is 0 Å². The number of ether oxygens (including phenoxy) is 3. The van der Waals surface area contributed by atoms with Gasteiger partial charge in [0.05, 0.1) is 46.8 Å². The van der Waals surface area contributed by atoms with Gasteiger partial charge < -0.3 is 28.4 Å². The highest BCUT2D eigenvalue weighted by Crippen LogP contribution is 2.28. The number of hydrogen-bond donors (Lipinski definition) is 0. The molecule has 9 nitrogen and oxygen atoms in total. The smallest absolute Gasteiger partial charge is 0.242 e. The zero-order valence-electron chi connectivity index (χ0n) is 23.4. The number of methoxy groups -OCH3 is 2. The molecule has 214 valence electrons. The first kappa shape index (κ1) is 29.0. The lowest BCUT2D eigenvalue weighted by Gasteiger charge is -2.31. The van der Waals surface area contributed by atoms with Crippen molar-refractivity contribution < 1.29 is 28.2 Å². The van der Waals surface area contributed by atoms with Gasteiger partial charge in [-0.15, -0.1) is 0 Å². The molecule has 1 aliphatic carbocycles. The SMILES string of the molecule is COc1ccc(CCN(Cc2ccco2)C(=O)CN(CCCN2CCOCC2)C(=O)C2CCCC2)cc1OC. The summed E-state index contributed by atoms with van der Waals surface area (Å²) in [4.78, 5) is 33.2. The predicted molar refractivity (Wildman–Crippen MR) is 148 cm³/mol. The summed E-state index contributed by atoms with van der Waals surface area (Å²) in [7, 11) is 3.23. The van der Waals surface area contributed by atoms with Gasteiger partial charge in [-0.05, 0) is 55.5 Å². The van der Waals surface area contributed by atoms with Crippen LogP contribution in [0.3, 0.4) is 0 Å². The van der Waals surface area contributed by atoms with Crippen molar-refractivity contribution in [3.8, 4) is 11.5 Å². The van der Waals surface area contributed by atoms with E-state index in [0.717, 1.165) is 76.3 Å². The Hall–Kier alpha value is -3.04. The molecule has 39 heavy (non-hydrogen) atoms. The van der Waals surface area contributed by atoms with E-state index in [1.165, 1.54) is 0 Å². The lowest BCUT2D eigenvalue weighted by Crippen LogP contribution is -2.46. The molecule has 2 fully saturated rings. The quantitative estimate of drug-likeness (QED) is 0.361. The molecule has 1 saturated heterocycles. The topological polar surface area (TPSA) is 84.7 Å². The minimum atomic E-state index is -0.0652. The molecule has 0 N–H and O–H groups in total. The minimum absolute atomic E-state index is 0.0338. The average molecular weight is 542 g/mol. The van der Waals surface area contributed by atoms with Gasteiger partial charge in [0, 0.05) is 38.6 Å². The fourth-order valence-corrected chi connectivity index (χ4v) is 5.45. The fourth-order valence-electron chi connectivity index (χ4n) is 5.45. The second kappa shape index (κ2) is 14.9. The maximum absolute atomic E-state index is 13.7. The van der Waals surface area contributed by atoms with Gasteiger partial charge in [-0.2, -0.15) is 0 Å². The van der Waals surface area contributed by atoms with Crippen molar-refractivity contribution in [3.63, 3.8) is 0 Å². The second-order valence-corrected chi connectivity index (χ2v) is 10.4. The van der Waals surface area contributed by atoms with Crippen LogP contribution in [-0.4, -0.2) is 93.2 Å². The van der Waals surface area contributed by atoms with E-state index in [1.54, 1.807) is 25.4 Å². The number of benzene rings is 1. The maximum Gasteiger partial charge on any atom is 0.242 e. The normalized spacial score (nSPS) is 16.3.